The van der Waals surface area contributed by atoms with Crippen LogP contribution in [0.5, 0.6) is 0 Å². The molecule has 1 aromatic rings. The second-order valence-electron chi connectivity index (χ2n) is 5.60. The van der Waals surface area contributed by atoms with Crippen LogP contribution < -0.4 is 5.32 Å². The Bertz CT molecular complexity index is 397. The van der Waals surface area contributed by atoms with Gasteiger partial charge in [-0.2, -0.15) is 0 Å². The molecule has 1 fully saturated rings. The maximum atomic E-state index is 11.7. The Hall–Kier alpha value is -1.43. The van der Waals surface area contributed by atoms with Gasteiger partial charge in [-0.1, -0.05) is 12.1 Å². The van der Waals surface area contributed by atoms with Gasteiger partial charge in [0.2, 0.25) is 5.91 Å². The third-order valence-corrected chi connectivity index (χ3v) is 3.86. The molecule has 0 radical (unpaired) electrons. The first-order valence-corrected chi connectivity index (χ1v) is 6.91. The summed E-state index contributed by atoms with van der Waals surface area (Å²) in [7, 11) is 0. The third-order valence-electron chi connectivity index (χ3n) is 3.86. The number of aromatic nitrogens is 3. The summed E-state index contributed by atoms with van der Waals surface area (Å²) in [6.45, 7) is 3.08. The van der Waals surface area contributed by atoms with Gasteiger partial charge in [0.25, 0.3) is 0 Å². The zero-order valence-electron chi connectivity index (χ0n) is 11.4. The Morgan fingerprint density at radius 1 is 1.53 bits per heavy atom. The van der Waals surface area contributed by atoms with Gasteiger partial charge in [0.05, 0.1) is 18.3 Å². The number of nitrogens with one attached hydrogen (secondary N) is 1. The number of amides is 1. The van der Waals surface area contributed by atoms with Crippen molar-refractivity contribution in [3.05, 3.63) is 12.4 Å². The van der Waals surface area contributed by atoms with Gasteiger partial charge in [0, 0.05) is 19.2 Å². The van der Waals surface area contributed by atoms with Crippen LogP contribution in [-0.2, 0) is 11.3 Å². The summed E-state index contributed by atoms with van der Waals surface area (Å²) in [6.07, 6.45) is 7.29. The Labute approximate surface area is 113 Å². The molecule has 0 unspecified atom stereocenters. The number of hydrogen-bond donors (Lipinski definition) is 2. The molecule has 0 aliphatic heterocycles. The highest BCUT2D eigenvalue weighted by Crippen LogP contribution is 2.31. The van der Waals surface area contributed by atoms with E-state index in [0.717, 1.165) is 25.7 Å². The largest absolute Gasteiger partial charge is 0.388 e. The van der Waals surface area contributed by atoms with Crippen molar-refractivity contribution in [3.63, 3.8) is 0 Å². The molecule has 2 N–H and O–H groups in total. The first-order chi connectivity index (χ1) is 9.07. The molecule has 0 aromatic carbocycles. The molecule has 0 saturated heterocycles. The number of carbonyl (C=O) groups excluding carboxylic acids is 1. The van der Waals surface area contributed by atoms with Crippen molar-refractivity contribution < 1.29 is 9.90 Å². The summed E-state index contributed by atoms with van der Waals surface area (Å²) in [5.74, 6) is 0.630. The van der Waals surface area contributed by atoms with Crippen molar-refractivity contribution in [2.45, 2.75) is 51.2 Å². The highest BCUT2D eigenvalue weighted by atomic mass is 16.3. The van der Waals surface area contributed by atoms with Gasteiger partial charge in [-0.3, -0.25) is 9.48 Å². The summed E-state index contributed by atoms with van der Waals surface area (Å²) >= 11 is 0. The molecule has 6 nitrogen and oxygen atoms in total. The van der Waals surface area contributed by atoms with E-state index in [0.29, 0.717) is 25.4 Å². The average Bonchev–Trinajstić information content (AvgIpc) is 2.91. The molecule has 1 aliphatic carbocycles. The number of aliphatic hydroxyl groups is 1. The van der Waals surface area contributed by atoms with Crippen LogP contribution >= 0.6 is 0 Å². The van der Waals surface area contributed by atoms with E-state index in [2.05, 4.69) is 22.6 Å². The van der Waals surface area contributed by atoms with E-state index in [1.54, 1.807) is 17.1 Å². The number of nitrogens with zero attached hydrogens (tertiary/aromatic N) is 3. The molecule has 6 heteroatoms. The Morgan fingerprint density at radius 2 is 2.26 bits per heavy atom. The molecule has 1 heterocycles. The zero-order valence-corrected chi connectivity index (χ0v) is 11.4. The minimum Gasteiger partial charge on any atom is -0.388 e. The lowest BCUT2D eigenvalue weighted by Gasteiger charge is -2.34. The van der Waals surface area contributed by atoms with Gasteiger partial charge >= 0.3 is 0 Å². The van der Waals surface area contributed by atoms with Crippen LogP contribution in [0.3, 0.4) is 0 Å². The van der Waals surface area contributed by atoms with E-state index in [4.69, 9.17) is 0 Å². The van der Waals surface area contributed by atoms with Crippen molar-refractivity contribution in [2.75, 3.05) is 6.54 Å². The summed E-state index contributed by atoms with van der Waals surface area (Å²) in [5, 5.41) is 20.6. The van der Waals surface area contributed by atoms with Crippen molar-refractivity contribution in [1.29, 1.82) is 0 Å². The minimum absolute atomic E-state index is 0.0532. The Morgan fingerprint density at radius 3 is 2.89 bits per heavy atom. The van der Waals surface area contributed by atoms with Crippen molar-refractivity contribution in [3.8, 4) is 0 Å². The van der Waals surface area contributed by atoms with Gasteiger partial charge in [-0.25, -0.2) is 0 Å². The Balaban J connectivity index is 1.68. The SMILES string of the molecule is CC1CCC(O)(CNC(=O)CCn2ccnn2)CC1. The highest BCUT2D eigenvalue weighted by molar-refractivity contribution is 5.75. The van der Waals surface area contributed by atoms with E-state index < -0.39 is 5.60 Å². The quantitative estimate of drug-likeness (QED) is 0.823. The van der Waals surface area contributed by atoms with Crippen LogP contribution in [0.1, 0.15) is 39.0 Å². The third kappa shape index (κ3) is 4.31. The monoisotopic (exact) mass is 266 g/mol. The summed E-state index contributed by atoms with van der Waals surface area (Å²) in [5.41, 5.74) is -0.713. The normalized spacial score (nSPS) is 27.2. The standard InChI is InChI=1S/C13H22N4O2/c1-11-2-5-13(19,6-3-11)10-14-12(18)4-8-17-9-7-15-16-17/h7,9,11,19H,2-6,8,10H2,1H3,(H,14,18). The van der Waals surface area contributed by atoms with Gasteiger partial charge < -0.3 is 10.4 Å². The van der Waals surface area contributed by atoms with Gasteiger partial charge in [0.15, 0.2) is 0 Å². The fourth-order valence-corrected chi connectivity index (χ4v) is 2.40. The molecule has 1 saturated carbocycles. The van der Waals surface area contributed by atoms with E-state index in [9.17, 15) is 9.90 Å². The van der Waals surface area contributed by atoms with Gasteiger partial charge in [-0.15, -0.1) is 5.10 Å². The second-order valence-corrected chi connectivity index (χ2v) is 5.60. The Kier molecular flexibility index (Phi) is 4.52. The smallest absolute Gasteiger partial charge is 0.221 e. The van der Waals surface area contributed by atoms with Crippen LogP contribution in [0.4, 0.5) is 0 Å². The van der Waals surface area contributed by atoms with Crippen LogP contribution in [0, 0.1) is 5.92 Å². The topological polar surface area (TPSA) is 80.0 Å². The summed E-state index contributed by atoms with van der Waals surface area (Å²) in [6, 6.07) is 0. The zero-order chi connectivity index (χ0) is 13.7. The molecule has 1 amide bonds. The number of rotatable bonds is 5. The molecular formula is C13H22N4O2. The number of hydrogen-bond acceptors (Lipinski definition) is 4. The van der Waals surface area contributed by atoms with Crippen molar-refractivity contribution >= 4 is 5.91 Å². The van der Waals surface area contributed by atoms with Crippen LogP contribution in [0.25, 0.3) is 0 Å². The first-order valence-electron chi connectivity index (χ1n) is 6.91. The molecule has 0 spiro atoms. The predicted octanol–water partition coefficient (Wildman–Crippen LogP) is 0.726. The lowest BCUT2D eigenvalue weighted by molar-refractivity contribution is -0.123. The number of aryl methyl sites for hydroxylation is 1. The maximum Gasteiger partial charge on any atom is 0.221 e. The van der Waals surface area contributed by atoms with E-state index in [1.165, 1.54) is 0 Å². The average molecular weight is 266 g/mol. The van der Waals surface area contributed by atoms with Gasteiger partial charge in [0.1, 0.15) is 0 Å². The number of carbonyl (C=O) groups is 1. The molecule has 106 valence electrons. The molecule has 2 rings (SSSR count). The highest BCUT2D eigenvalue weighted by Gasteiger charge is 2.31. The second kappa shape index (κ2) is 6.14. The van der Waals surface area contributed by atoms with Crippen molar-refractivity contribution in [2.24, 2.45) is 5.92 Å². The molecule has 0 atom stereocenters. The van der Waals surface area contributed by atoms with Crippen LogP contribution in [0.2, 0.25) is 0 Å². The summed E-state index contributed by atoms with van der Waals surface area (Å²) < 4.78 is 1.62. The van der Waals surface area contributed by atoms with Crippen LogP contribution in [-0.4, -0.2) is 38.2 Å². The van der Waals surface area contributed by atoms with Gasteiger partial charge in [-0.05, 0) is 31.6 Å². The lowest BCUT2D eigenvalue weighted by atomic mass is 9.79. The fraction of sp³-hybridized carbons (Fsp3) is 0.769. The molecule has 0 bridgehead atoms. The minimum atomic E-state index is -0.713. The molecular weight excluding hydrogens is 244 g/mol. The molecule has 1 aromatic heterocycles. The molecule has 1 aliphatic rings. The fourth-order valence-electron chi connectivity index (χ4n) is 2.40. The van der Waals surface area contributed by atoms with Crippen LogP contribution in [0.15, 0.2) is 12.4 Å². The van der Waals surface area contributed by atoms with E-state index >= 15 is 0 Å². The first kappa shape index (κ1) is 14.0. The maximum absolute atomic E-state index is 11.7. The van der Waals surface area contributed by atoms with E-state index in [-0.39, 0.29) is 5.91 Å². The lowest BCUT2D eigenvalue weighted by Crippen LogP contribution is -2.45. The van der Waals surface area contributed by atoms with Crippen molar-refractivity contribution in [1.82, 2.24) is 20.3 Å². The molecule has 19 heavy (non-hydrogen) atoms. The van der Waals surface area contributed by atoms with E-state index in [1.807, 2.05) is 0 Å². The predicted molar refractivity (Wildman–Crippen MR) is 70.2 cm³/mol. The summed E-state index contributed by atoms with van der Waals surface area (Å²) in [4.78, 5) is 11.7.